The van der Waals surface area contributed by atoms with Gasteiger partial charge in [0.1, 0.15) is 11.6 Å². The van der Waals surface area contributed by atoms with Crippen molar-refractivity contribution in [3.05, 3.63) is 47.5 Å². The molecule has 3 heteroatoms. The lowest BCUT2D eigenvalue weighted by Gasteiger charge is -2.13. The van der Waals surface area contributed by atoms with Crippen LogP contribution in [0.4, 0.5) is 8.78 Å². The van der Waals surface area contributed by atoms with E-state index in [0.29, 0.717) is 6.42 Å². The Morgan fingerprint density at radius 1 is 1.40 bits per heavy atom. The molecule has 15 heavy (non-hydrogen) atoms. The van der Waals surface area contributed by atoms with Crippen molar-refractivity contribution >= 4 is 0 Å². The van der Waals surface area contributed by atoms with Gasteiger partial charge in [-0.05, 0) is 25.0 Å². The molecule has 1 unspecified atom stereocenters. The molecule has 1 atom stereocenters. The van der Waals surface area contributed by atoms with Gasteiger partial charge < -0.3 is 5.11 Å². The van der Waals surface area contributed by atoms with E-state index in [4.69, 9.17) is 0 Å². The topological polar surface area (TPSA) is 20.2 Å². The molecule has 0 aromatic heterocycles. The number of aliphatic hydroxyl groups is 1. The Hall–Kier alpha value is -1.22. The van der Waals surface area contributed by atoms with Crippen LogP contribution in [-0.2, 0) is 0 Å². The summed E-state index contributed by atoms with van der Waals surface area (Å²) in [5.74, 6) is -1.43. The average molecular weight is 212 g/mol. The summed E-state index contributed by atoms with van der Waals surface area (Å²) >= 11 is 0. The fourth-order valence-electron chi connectivity index (χ4n) is 1.35. The van der Waals surface area contributed by atoms with Crippen molar-refractivity contribution < 1.29 is 13.9 Å². The van der Waals surface area contributed by atoms with E-state index < -0.39 is 17.7 Å². The second kappa shape index (κ2) is 5.03. The predicted octanol–water partition coefficient (Wildman–Crippen LogP) is 3.35. The summed E-state index contributed by atoms with van der Waals surface area (Å²) in [6, 6.07) is 3.54. The Morgan fingerprint density at radius 3 is 2.40 bits per heavy atom. The van der Waals surface area contributed by atoms with Gasteiger partial charge in [-0.2, -0.15) is 0 Å². The molecule has 0 saturated carbocycles. The molecule has 1 rings (SSSR count). The highest BCUT2D eigenvalue weighted by Crippen LogP contribution is 2.26. The van der Waals surface area contributed by atoms with Gasteiger partial charge in [-0.15, -0.1) is 0 Å². The van der Waals surface area contributed by atoms with E-state index >= 15 is 0 Å². The Morgan fingerprint density at radius 2 is 1.93 bits per heavy atom. The summed E-state index contributed by atoms with van der Waals surface area (Å²) in [5, 5.41) is 9.64. The molecule has 0 aliphatic carbocycles. The fraction of sp³-hybridized carbons (Fsp3) is 0.333. The second-order valence-electron chi connectivity index (χ2n) is 3.46. The lowest BCUT2D eigenvalue weighted by Crippen LogP contribution is -2.04. The molecule has 0 bridgehead atoms. The van der Waals surface area contributed by atoms with Crippen LogP contribution in [0.3, 0.4) is 0 Å². The standard InChI is InChI=1S/C12H14F2O/c1-3-8(2)7-11(15)12-9(13)5-4-6-10(12)14/h4-6,11,15H,2-3,7H2,1H3. The van der Waals surface area contributed by atoms with Crippen LogP contribution in [0.25, 0.3) is 0 Å². The SMILES string of the molecule is C=C(CC)CC(O)c1c(F)cccc1F. The maximum absolute atomic E-state index is 13.2. The van der Waals surface area contributed by atoms with Crippen molar-refractivity contribution in [3.63, 3.8) is 0 Å². The van der Waals surface area contributed by atoms with E-state index in [2.05, 4.69) is 6.58 Å². The number of benzene rings is 1. The van der Waals surface area contributed by atoms with Gasteiger partial charge in [-0.3, -0.25) is 0 Å². The molecule has 1 aromatic rings. The molecule has 0 fully saturated rings. The Balaban J connectivity index is 2.90. The summed E-state index contributed by atoms with van der Waals surface area (Å²) in [6.07, 6.45) is -0.278. The molecule has 0 aliphatic rings. The van der Waals surface area contributed by atoms with Crippen LogP contribution in [0.5, 0.6) is 0 Å². The van der Waals surface area contributed by atoms with Crippen molar-refractivity contribution in [2.24, 2.45) is 0 Å². The first-order chi connectivity index (χ1) is 7.06. The van der Waals surface area contributed by atoms with Gasteiger partial charge in [0, 0.05) is 0 Å². The molecule has 0 amide bonds. The lowest BCUT2D eigenvalue weighted by molar-refractivity contribution is 0.167. The van der Waals surface area contributed by atoms with Crippen LogP contribution in [0.1, 0.15) is 31.4 Å². The highest BCUT2D eigenvalue weighted by atomic mass is 19.1. The smallest absolute Gasteiger partial charge is 0.131 e. The zero-order valence-electron chi connectivity index (χ0n) is 8.63. The van der Waals surface area contributed by atoms with Gasteiger partial charge in [0.25, 0.3) is 0 Å². The van der Waals surface area contributed by atoms with Crippen molar-refractivity contribution in [2.75, 3.05) is 0 Å². The molecule has 0 spiro atoms. The molecule has 1 aromatic carbocycles. The fourth-order valence-corrected chi connectivity index (χ4v) is 1.35. The normalized spacial score (nSPS) is 12.5. The monoisotopic (exact) mass is 212 g/mol. The third kappa shape index (κ3) is 2.86. The first-order valence-electron chi connectivity index (χ1n) is 4.84. The Bertz CT molecular complexity index is 340. The van der Waals surface area contributed by atoms with Crippen LogP contribution in [0.15, 0.2) is 30.4 Å². The third-order valence-corrected chi connectivity index (χ3v) is 2.31. The van der Waals surface area contributed by atoms with Crippen molar-refractivity contribution in [1.29, 1.82) is 0 Å². The van der Waals surface area contributed by atoms with E-state index in [1.807, 2.05) is 6.92 Å². The van der Waals surface area contributed by atoms with Crippen molar-refractivity contribution in [1.82, 2.24) is 0 Å². The number of halogens is 2. The molecule has 0 radical (unpaired) electrons. The molecule has 82 valence electrons. The molecule has 0 aliphatic heterocycles. The quantitative estimate of drug-likeness (QED) is 0.759. The highest BCUT2D eigenvalue weighted by Gasteiger charge is 2.17. The first-order valence-corrected chi connectivity index (χ1v) is 4.84. The zero-order valence-corrected chi connectivity index (χ0v) is 8.63. The maximum Gasteiger partial charge on any atom is 0.131 e. The van der Waals surface area contributed by atoms with Gasteiger partial charge in [0.05, 0.1) is 11.7 Å². The number of rotatable bonds is 4. The van der Waals surface area contributed by atoms with E-state index in [-0.39, 0.29) is 12.0 Å². The summed E-state index contributed by atoms with van der Waals surface area (Å²) in [4.78, 5) is 0. The molecule has 1 N–H and O–H groups in total. The summed E-state index contributed by atoms with van der Waals surface area (Å²) in [6.45, 7) is 5.57. The van der Waals surface area contributed by atoms with Gasteiger partial charge >= 0.3 is 0 Å². The van der Waals surface area contributed by atoms with E-state index in [9.17, 15) is 13.9 Å². The van der Waals surface area contributed by atoms with Gasteiger partial charge in [0.15, 0.2) is 0 Å². The summed E-state index contributed by atoms with van der Waals surface area (Å²) in [7, 11) is 0. The van der Waals surface area contributed by atoms with E-state index in [1.165, 1.54) is 6.07 Å². The molecule has 0 saturated heterocycles. The minimum absolute atomic E-state index is 0.189. The third-order valence-electron chi connectivity index (χ3n) is 2.31. The number of hydrogen-bond donors (Lipinski definition) is 1. The first kappa shape index (κ1) is 11.9. The molecule has 1 nitrogen and oxygen atoms in total. The Labute approximate surface area is 88.1 Å². The van der Waals surface area contributed by atoms with Gasteiger partial charge in [-0.1, -0.05) is 25.1 Å². The van der Waals surface area contributed by atoms with E-state index in [1.54, 1.807) is 0 Å². The van der Waals surface area contributed by atoms with Crippen LogP contribution in [0, 0.1) is 11.6 Å². The maximum atomic E-state index is 13.2. The molecular weight excluding hydrogens is 198 g/mol. The lowest BCUT2D eigenvalue weighted by atomic mass is 10.0. The van der Waals surface area contributed by atoms with Crippen LogP contribution < -0.4 is 0 Å². The summed E-state index contributed by atoms with van der Waals surface area (Å²) < 4.78 is 26.5. The average Bonchev–Trinajstić information content (AvgIpc) is 2.17. The zero-order chi connectivity index (χ0) is 11.4. The van der Waals surface area contributed by atoms with Gasteiger partial charge in [0.2, 0.25) is 0 Å². The Kier molecular flexibility index (Phi) is 3.97. The van der Waals surface area contributed by atoms with Crippen molar-refractivity contribution in [2.45, 2.75) is 25.9 Å². The molecular formula is C12H14F2O. The summed E-state index contributed by atoms with van der Waals surface area (Å²) in [5.41, 5.74) is 0.497. The molecule has 0 heterocycles. The highest BCUT2D eigenvalue weighted by molar-refractivity contribution is 5.23. The van der Waals surface area contributed by atoms with E-state index in [0.717, 1.165) is 17.7 Å². The number of hydrogen-bond acceptors (Lipinski definition) is 1. The van der Waals surface area contributed by atoms with Gasteiger partial charge in [-0.25, -0.2) is 8.78 Å². The predicted molar refractivity (Wildman–Crippen MR) is 55.4 cm³/mol. The minimum Gasteiger partial charge on any atom is -0.388 e. The number of aliphatic hydroxyl groups excluding tert-OH is 1. The van der Waals surface area contributed by atoms with Crippen LogP contribution in [-0.4, -0.2) is 5.11 Å². The largest absolute Gasteiger partial charge is 0.388 e. The van der Waals surface area contributed by atoms with Crippen LogP contribution in [0.2, 0.25) is 0 Å². The van der Waals surface area contributed by atoms with Crippen LogP contribution >= 0.6 is 0 Å². The van der Waals surface area contributed by atoms with Crippen molar-refractivity contribution in [3.8, 4) is 0 Å². The minimum atomic E-state index is -1.15. The second-order valence-corrected chi connectivity index (χ2v) is 3.46.